The molecule has 0 radical (unpaired) electrons. The van der Waals surface area contributed by atoms with E-state index in [1.54, 1.807) is 18.4 Å². The fraction of sp³-hybridized carbons (Fsp3) is 0.800. The Morgan fingerprint density at radius 2 is 2.00 bits per heavy atom. The quantitative estimate of drug-likeness (QED) is 0.831. The van der Waals surface area contributed by atoms with Crippen molar-refractivity contribution < 1.29 is 4.74 Å². The molecule has 0 aromatic carbocycles. The Morgan fingerprint density at radius 3 is 2.57 bits per heavy atom. The van der Waals surface area contributed by atoms with Gasteiger partial charge < -0.3 is 15.0 Å². The monoisotopic (exact) mass is 312 g/mol. The summed E-state index contributed by atoms with van der Waals surface area (Å²) >= 11 is 1.80. The molecule has 1 aromatic heterocycles. The Balaban J connectivity index is 1.97. The van der Waals surface area contributed by atoms with Crippen LogP contribution in [0.2, 0.25) is 0 Å². The highest BCUT2D eigenvalue weighted by Crippen LogP contribution is 2.27. The zero-order valence-corrected chi connectivity index (χ0v) is 14.5. The van der Waals surface area contributed by atoms with Gasteiger partial charge in [0.05, 0.1) is 12.3 Å². The molecule has 1 aromatic rings. The Kier molecular flexibility index (Phi) is 6.41. The first-order chi connectivity index (χ1) is 10.1. The van der Waals surface area contributed by atoms with E-state index in [2.05, 4.69) is 29.0 Å². The SMILES string of the molecule is CNCc1sc(N2CCN(CC(C)C)CC2)nc1COC. The standard InChI is InChI=1S/C15H28N4OS/c1-12(2)10-18-5-7-19(8-6-18)15-17-13(11-20-4)14(21-15)9-16-3/h12,16H,5-11H2,1-4H3. The van der Waals surface area contributed by atoms with E-state index in [1.165, 1.54) is 11.4 Å². The molecule has 1 saturated heterocycles. The molecule has 1 aliphatic rings. The molecule has 2 heterocycles. The van der Waals surface area contributed by atoms with Crippen molar-refractivity contribution in [1.82, 2.24) is 15.2 Å². The van der Waals surface area contributed by atoms with Gasteiger partial charge in [0.25, 0.3) is 0 Å². The number of piperazine rings is 1. The highest BCUT2D eigenvalue weighted by molar-refractivity contribution is 7.15. The summed E-state index contributed by atoms with van der Waals surface area (Å²) in [5, 5.41) is 4.37. The minimum atomic E-state index is 0.598. The summed E-state index contributed by atoms with van der Waals surface area (Å²) < 4.78 is 5.27. The second-order valence-electron chi connectivity index (χ2n) is 6.01. The molecule has 1 fully saturated rings. The summed E-state index contributed by atoms with van der Waals surface area (Å²) in [4.78, 5) is 11.1. The second-order valence-corrected chi connectivity index (χ2v) is 7.07. The Morgan fingerprint density at radius 1 is 1.29 bits per heavy atom. The Hall–Kier alpha value is -0.690. The van der Waals surface area contributed by atoms with Gasteiger partial charge in [-0.1, -0.05) is 13.8 Å². The number of methoxy groups -OCH3 is 1. The van der Waals surface area contributed by atoms with Gasteiger partial charge in [-0.25, -0.2) is 4.98 Å². The van der Waals surface area contributed by atoms with Crippen LogP contribution in [0.5, 0.6) is 0 Å². The molecule has 0 amide bonds. The van der Waals surface area contributed by atoms with Crippen molar-refractivity contribution >= 4 is 16.5 Å². The number of ether oxygens (including phenoxy) is 1. The minimum absolute atomic E-state index is 0.598. The van der Waals surface area contributed by atoms with Crippen molar-refractivity contribution in [3.63, 3.8) is 0 Å². The molecule has 0 atom stereocenters. The Bertz CT molecular complexity index is 404. The lowest BCUT2D eigenvalue weighted by Gasteiger charge is -2.35. The molecule has 21 heavy (non-hydrogen) atoms. The van der Waals surface area contributed by atoms with Crippen LogP contribution in [0, 0.1) is 5.92 Å². The van der Waals surface area contributed by atoms with Gasteiger partial charge in [0, 0.05) is 51.3 Å². The fourth-order valence-corrected chi connectivity index (χ4v) is 3.82. The molecule has 1 N–H and O–H groups in total. The molecule has 5 nitrogen and oxygen atoms in total. The molecule has 0 saturated carbocycles. The molecule has 2 rings (SSSR count). The fourth-order valence-electron chi connectivity index (χ4n) is 2.69. The molecule has 120 valence electrons. The number of rotatable bonds is 7. The average molecular weight is 312 g/mol. The molecular formula is C15H28N4OS. The molecule has 0 unspecified atom stereocenters. The number of anilines is 1. The van der Waals surface area contributed by atoms with E-state index in [1.807, 2.05) is 7.05 Å². The van der Waals surface area contributed by atoms with Crippen LogP contribution in [0.15, 0.2) is 0 Å². The summed E-state index contributed by atoms with van der Waals surface area (Å²) in [5.74, 6) is 0.743. The maximum Gasteiger partial charge on any atom is 0.186 e. The van der Waals surface area contributed by atoms with Crippen LogP contribution >= 0.6 is 11.3 Å². The van der Waals surface area contributed by atoms with Crippen molar-refractivity contribution in [3.05, 3.63) is 10.6 Å². The van der Waals surface area contributed by atoms with E-state index in [-0.39, 0.29) is 0 Å². The molecule has 0 aliphatic carbocycles. The minimum Gasteiger partial charge on any atom is -0.378 e. The maximum atomic E-state index is 5.27. The van der Waals surface area contributed by atoms with E-state index in [4.69, 9.17) is 9.72 Å². The number of aromatic nitrogens is 1. The van der Waals surface area contributed by atoms with Gasteiger partial charge in [-0.3, -0.25) is 4.90 Å². The number of nitrogens with zero attached hydrogens (tertiary/aromatic N) is 3. The Labute approximate surface area is 132 Å². The van der Waals surface area contributed by atoms with Gasteiger partial charge in [-0.05, 0) is 13.0 Å². The highest BCUT2D eigenvalue weighted by Gasteiger charge is 2.21. The van der Waals surface area contributed by atoms with E-state index >= 15 is 0 Å². The topological polar surface area (TPSA) is 40.6 Å². The van der Waals surface area contributed by atoms with E-state index in [9.17, 15) is 0 Å². The van der Waals surface area contributed by atoms with Crippen molar-refractivity contribution in [1.29, 1.82) is 0 Å². The van der Waals surface area contributed by atoms with Crippen molar-refractivity contribution in [3.8, 4) is 0 Å². The normalized spacial score (nSPS) is 16.9. The summed E-state index contributed by atoms with van der Waals surface area (Å²) in [6.45, 7) is 11.7. The third-order valence-corrected chi connectivity index (χ3v) is 4.81. The van der Waals surface area contributed by atoms with Gasteiger partial charge in [0.2, 0.25) is 0 Å². The van der Waals surface area contributed by atoms with Crippen molar-refractivity contribution in [2.75, 3.05) is 51.8 Å². The van der Waals surface area contributed by atoms with Crippen molar-refractivity contribution in [2.24, 2.45) is 5.92 Å². The summed E-state index contributed by atoms with van der Waals surface area (Å²) in [6, 6.07) is 0. The van der Waals surface area contributed by atoms with Crippen LogP contribution in [-0.4, -0.2) is 56.8 Å². The van der Waals surface area contributed by atoms with Gasteiger partial charge in [-0.15, -0.1) is 11.3 Å². The first-order valence-corrected chi connectivity index (χ1v) is 8.55. The average Bonchev–Trinajstić information content (AvgIpc) is 2.83. The number of nitrogens with one attached hydrogen (secondary N) is 1. The second kappa shape index (κ2) is 8.08. The summed E-state index contributed by atoms with van der Waals surface area (Å²) in [5.41, 5.74) is 1.08. The third-order valence-electron chi connectivity index (χ3n) is 3.65. The number of hydrogen-bond donors (Lipinski definition) is 1. The van der Waals surface area contributed by atoms with E-state index < -0.39 is 0 Å². The molecule has 1 aliphatic heterocycles. The molecule has 6 heteroatoms. The van der Waals surface area contributed by atoms with Crippen LogP contribution in [0.3, 0.4) is 0 Å². The summed E-state index contributed by atoms with van der Waals surface area (Å²) in [6.07, 6.45) is 0. The van der Waals surface area contributed by atoms with Gasteiger partial charge >= 0.3 is 0 Å². The van der Waals surface area contributed by atoms with Gasteiger partial charge in [0.1, 0.15) is 0 Å². The van der Waals surface area contributed by atoms with Gasteiger partial charge in [-0.2, -0.15) is 0 Å². The molecule has 0 bridgehead atoms. The summed E-state index contributed by atoms with van der Waals surface area (Å²) in [7, 11) is 3.70. The van der Waals surface area contributed by atoms with Crippen LogP contribution < -0.4 is 10.2 Å². The highest BCUT2D eigenvalue weighted by atomic mass is 32.1. The zero-order valence-electron chi connectivity index (χ0n) is 13.7. The maximum absolute atomic E-state index is 5.27. The van der Waals surface area contributed by atoms with Crippen LogP contribution in [0.4, 0.5) is 5.13 Å². The lowest BCUT2D eigenvalue weighted by molar-refractivity contribution is 0.181. The van der Waals surface area contributed by atoms with Crippen molar-refractivity contribution in [2.45, 2.75) is 27.0 Å². The first-order valence-electron chi connectivity index (χ1n) is 7.73. The van der Waals surface area contributed by atoms with Gasteiger partial charge in [0.15, 0.2) is 5.13 Å². The first kappa shape index (κ1) is 16.7. The van der Waals surface area contributed by atoms with Crippen LogP contribution in [0.1, 0.15) is 24.4 Å². The lowest BCUT2D eigenvalue weighted by atomic mass is 10.2. The third kappa shape index (κ3) is 4.64. The predicted molar refractivity (Wildman–Crippen MR) is 89.1 cm³/mol. The predicted octanol–water partition coefficient (Wildman–Crippen LogP) is 1.79. The number of thiazole rings is 1. The molecular weight excluding hydrogens is 284 g/mol. The molecule has 0 spiro atoms. The van der Waals surface area contributed by atoms with Crippen LogP contribution in [-0.2, 0) is 17.9 Å². The van der Waals surface area contributed by atoms with E-state index in [0.29, 0.717) is 6.61 Å². The van der Waals surface area contributed by atoms with Crippen LogP contribution in [0.25, 0.3) is 0 Å². The number of hydrogen-bond acceptors (Lipinski definition) is 6. The smallest absolute Gasteiger partial charge is 0.186 e. The van der Waals surface area contributed by atoms with E-state index in [0.717, 1.165) is 49.5 Å². The largest absolute Gasteiger partial charge is 0.378 e. The lowest BCUT2D eigenvalue weighted by Crippen LogP contribution is -2.47. The zero-order chi connectivity index (χ0) is 15.2.